The third-order valence-corrected chi connectivity index (χ3v) is 5.20. The van der Waals surface area contributed by atoms with Gasteiger partial charge >= 0.3 is 0 Å². The lowest BCUT2D eigenvalue weighted by molar-refractivity contribution is 0.130. The number of fused-ring (bicyclic) bond motifs is 1. The summed E-state index contributed by atoms with van der Waals surface area (Å²) >= 11 is 0. The smallest absolute Gasteiger partial charge is 0.150 e. The van der Waals surface area contributed by atoms with Crippen LogP contribution in [0.5, 0.6) is 0 Å². The second-order valence-electron chi connectivity index (χ2n) is 4.63. The summed E-state index contributed by atoms with van der Waals surface area (Å²) in [5, 5.41) is 4.43. The van der Waals surface area contributed by atoms with Crippen LogP contribution in [-0.4, -0.2) is 29.7 Å². The van der Waals surface area contributed by atoms with E-state index in [0.29, 0.717) is 31.9 Å². The van der Waals surface area contributed by atoms with Gasteiger partial charge in [-0.25, -0.2) is 13.1 Å². The van der Waals surface area contributed by atoms with Gasteiger partial charge in [-0.1, -0.05) is 0 Å². The molecule has 0 aliphatic carbocycles. The number of nitrogens with two attached hydrogens (primary N) is 1. The van der Waals surface area contributed by atoms with Crippen molar-refractivity contribution in [2.45, 2.75) is 32.1 Å². The topological polar surface area (TPSA) is 87.2 Å². The molecule has 0 atom stereocenters. The maximum atomic E-state index is 11.4. The van der Waals surface area contributed by atoms with Gasteiger partial charge in [0.1, 0.15) is 15.7 Å². The Morgan fingerprint density at radius 2 is 2.00 bits per heavy atom. The zero-order valence-corrected chi connectivity index (χ0v) is 10.2. The first-order valence-corrected chi connectivity index (χ1v) is 7.53. The molecule has 0 aromatic carbocycles. The van der Waals surface area contributed by atoms with Gasteiger partial charge in [0.15, 0.2) is 0 Å². The van der Waals surface area contributed by atoms with E-state index in [9.17, 15) is 8.42 Å². The number of nitrogen functional groups attached to an aromatic ring is 1. The highest BCUT2D eigenvalue weighted by Crippen LogP contribution is 2.31. The molecule has 3 rings (SSSR count). The molecule has 1 aromatic rings. The van der Waals surface area contributed by atoms with Gasteiger partial charge in [0, 0.05) is 5.56 Å². The van der Waals surface area contributed by atoms with Gasteiger partial charge < -0.3 is 10.5 Å². The highest BCUT2D eigenvalue weighted by atomic mass is 32.2. The number of anilines is 1. The van der Waals surface area contributed by atoms with E-state index < -0.39 is 9.84 Å². The third-order valence-electron chi connectivity index (χ3n) is 3.49. The summed E-state index contributed by atoms with van der Waals surface area (Å²) in [5.41, 5.74) is 7.89. The van der Waals surface area contributed by atoms with Crippen LogP contribution in [0.4, 0.5) is 5.82 Å². The van der Waals surface area contributed by atoms with E-state index in [1.165, 1.54) is 0 Å². The average molecular weight is 257 g/mol. The Hall–Kier alpha value is -1.08. The minimum Gasteiger partial charge on any atom is -0.384 e. The van der Waals surface area contributed by atoms with Crippen molar-refractivity contribution in [3.63, 3.8) is 0 Å². The molecular formula is C10H15N3O3S. The Bertz CT molecular complexity index is 535. The van der Waals surface area contributed by atoms with E-state index in [0.717, 1.165) is 11.3 Å². The predicted octanol–water partition coefficient (Wildman–Crippen LogP) is 0.245. The zero-order valence-electron chi connectivity index (χ0n) is 9.42. The van der Waals surface area contributed by atoms with Crippen molar-refractivity contribution in [3.05, 3.63) is 11.3 Å². The SMILES string of the molecule is Nc1c2c(nn1C1CCS(=O)(=O)CC1)COC2. The van der Waals surface area contributed by atoms with Crippen LogP contribution in [0.1, 0.15) is 30.1 Å². The molecule has 2 N–H and O–H groups in total. The molecular weight excluding hydrogens is 242 g/mol. The van der Waals surface area contributed by atoms with Crippen LogP contribution in [0, 0.1) is 0 Å². The van der Waals surface area contributed by atoms with Crippen molar-refractivity contribution in [1.29, 1.82) is 0 Å². The summed E-state index contributed by atoms with van der Waals surface area (Å²) in [6.07, 6.45) is 1.21. The Morgan fingerprint density at radius 1 is 1.29 bits per heavy atom. The number of sulfone groups is 1. The number of aromatic nitrogens is 2. The second-order valence-corrected chi connectivity index (χ2v) is 6.93. The molecule has 2 aliphatic rings. The molecule has 0 saturated carbocycles. The molecule has 0 unspecified atom stereocenters. The second kappa shape index (κ2) is 3.71. The van der Waals surface area contributed by atoms with Crippen LogP contribution in [0.15, 0.2) is 0 Å². The molecule has 0 bridgehead atoms. The molecule has 1 fully saturated rings. The van der Waals surface area contributed by atoms with Crippen LogP contribution in [0.2, 0.25) is 0 Å². The van der Waals surface area contributed by atoms with E-state index in [-0.39, 0.29) is 17.5 Å². The van der Waals surface area contributed by atoms with Gasteiger partial charge in [-0.15, -0.1) is 0 Å². The number of hydrogen-bond donors (Lipinski definition) is 1. The van der Waals surface area contributed by atoms with Crippen molar-refractivity contribution in [1.82, 2.24) is 9.78 Å². The van der Waals surface area contributed by atoms with Crippen molar-refractivity contribution < 1.29 is 13.2 Å². The van der Waals surface area contributed by atoms with E-state index in [1.54, 1.807) is 4.68 Å². The van der Waals surface area contributed by atoms with E-state index in [4.69, 9.17) is 10.5 Å². The molecule has 6 nitrogen and oxygen atoms in total. The summed E-state index contributed by atoms with van der Waals surface area (Å²) in [7, 11) is -2.84. The van der Waals surface area contributed by atoms with Crippen molar-refractivity contribution >= 4 is 15.7 Å². The summed E-state index contributed by atoms with van der Waals surface area (Å²) in [5.74, 6) is 1.11. The maximum absolute atomic E-state index is 11.4. The lowest BCUT2D eigenvalue weighted by atomic mass is 10.1. The van der Waals surface area contributed by atoms with Gasteiger partial charge in [0.2, 0.25) is 0 Å². The fourth-order valence-electron chi connectivity index (χ4n) is 2.45. The zero-order chi connectivity index (χ0) is 12.0. The Labute approximate surface area is 99.7 Å². The van der Waals surface area contributed by atoms with Gasteiger partial charge in [0.05, 0.1) is 36.5 Å². The first kappa shape index (κ1) is 11.0. The van der Waals surface area contributed by atoms with Gasteiger partial charge in [0.25, 0.3) is 0 Å². The largest absolute Gasteiger partial charge is 0.384 e. The molecule has 2 aliphatic heterocycles. The Balaban J connectivity index is 1.86. The normalized spacial score (nSPS) is 23.8. The molecule has 0 amide bonds. The minimum atomic E-state index is -2.84. The van der Waals surface area contributed by atoms with Gasteiger partial charge in [-0.2, -0.15) is 5.10 Å². The van der Waals surface area contributed by atoms with Crippen molar-refractivity contribution in [2.24, 2.45) is 0 Å². The number of hydrogen-bond acceptors (Lipinski definition) is 5. The van der Waals surface area contributed by atoms with E-state index >= 15 is 0 Å². The fourth-order valence-corrected chi connectivity index (χ4v) is 3.92. The van der Waals surface area contributed by atoms with Gasteiger partial charge in [-0.05, 0) is 12.8 Å². The molecule has 0 spiro atoms. The maximum Gasteiger partial charge on any atom is 0.150 e. The summed E-state index contributed by atoms with van der Waals surface area (Å²) in [6.45, 7) is 1.03. The Morgan fingerprint density at radius 3 is 2.65 bits per heavy atom. The van der Waals surface area contributed by atoms with Crippen LogP contribution in [0.3, 0.4) is 0 Å². The molecule has 94 valence electrons. The van der Waals surface area contributed by atoms with Crippen LogP contribution >= 0.6 is 0 Å². The highest BCUT2D eigenvalue weighted by Gasteiger charge is 2.29. The first-order chi connectivity index (χ1) is 8.07. The molecule has 3 heterocycles. The molecule has 17 heavy (non-hydrogen) atoms. The number of nitrogens with zero attached hydrogens (tertiary/aromatic N) is 2. The molecule has 0 radical (unpaired) electrons. The quantitative estimate of drug-likeness (QED) is 0.779. The third kappa shape index (κ3) is 1.83. The summed E-state index contributed by atoms with van der Waals surface area (Å²) in [6, 6.07) is 0.115. The van der Waals surface area contributed by atoms with Crippen LogP contribution in [-0.2, 0) is 27.8 Å². The van der Waals surface area contributed by atoms with Crippen molar-refractivity contribution in [2.75, 3.05) is 17.2 Å². The average Bonchev–Trinajstić information content (AvgIpc) is 2.83. The first-order valence-electron chi connectivity index (χ1n) is 5.71. The minimum absolute atomic E-state index is 0.115. The lowest BCUT2D eigenvalue weighted by Gasteiger charge is -2.23. The predicted molar refractivity (Wildman–Crippen MR) is 62.1 cm³/mol. The van der Waals surface area contributed by atoms with Crippen molar-refractivity contribution in [3.8, 4) is 0 Å². The summed E-state index contributed by atoms with van der Waals surface area (Å²) < 4.78 is 29.8. The number of ether oxygens (including phenoxy) is 1. The summed E-state index contributed by atoms with van der Waals surface area (Å²) in [4.78, 5) is 0. The van der Waals surface area contributed by atoms with Gasteiger partial charge in [-0.3, -0.25) is 0 Å². The fraction of sp³-hybridized carbons (Fsp3) is 0.700. The highest BCUT2D eigenvalue weighted by molar-refractivity contribution is 7.91. The van der Waals surface area contributed by atoms with Crippen LogP contribution < -0.4 is 5.73 Å². The molecule has 7 heteroatoms. The standard InChI is InChI=1S/C10H15N3O3S/c11-10-8-5-16-6-9(8)12-13(10)7-1-3-17(14,15)4-2-7/h7H,1-6,11H2. The Kier molecular flexibility index (Phi) is 2.41. The van der Waals surface area contributed by atoms with Crippen LogP contribution in [0.25, 0.3) is 0 Å². The van der Waals surface area contributed by atoms with E-state index in [1.807, 2.05) is 0 Å². The lowest BCUT2D eigenvalue weighted by Crippen LogP contribution is -2.27. The molecule has 1 saturated heterocycles. The van der Waals surface area contributed by atoms with E-state index in [2.05, 4.69) is 5.10 Å². The number of rotatable bonds is 1. The molecule has 1 aromatic heterocycles. The monoisotopic (exact) mass is 257 g/mol.